The van der Waals surface area contributed by atoms with E-state index in [1.54, 1.807) is 36.1 Å². The summed E-state index contributed by atoms with van der Waals surface area (Å²) in [5, 5.41) is 8.87. The van der Waals surface area contributed by atoms with E-state index in [2.05, 4.69) is 0 Å². The van der Waals surface area contributed by atoms with Crippen molar-refractivity contribution < 1.29 is 23.9 Å². The van der Waals surface area contributed by atoms with Gasteiger partial charge in [-0.2, -0.15) is 5.26 Å². The SMILES string of the molecule is C[C@H](CC(=O)c1ccc(C#N)cc1)C(=O)N1CCC(OCC(=O)O[C@@H](C)c2ccccc2)CC1. The average Bonchev–Trinajstić information content (AvgIpc) is 2.87. The monoisotopic (exact) mass is 462 g/mol. The first-order valence-corrected chi connectivity index (χ1v) is 11.6. The predicted octanol–water partition coefficient (Wildman–Crippen LogP) is 4.08. The van der Waals surface area contributed by atoms with Gasteiger partial charge in [0, 0.05) is 31.0 Å². The van der Waals surface area contributed by atoms with Gasteiger partial charge in [0.05, 0.1) is 17.7 Å². The number of hydrogen-bond acceptors (Lipinski definition) is 6. The summed E-state index contributed by atoms with van der Waals surface area (Å²) in [4.78, 5) is 39.2. The Balaban J connectivity index is 1.38. The van der Waals surface area contributed by atoms with E-state index >= 15 is 0 Å². The number of amides is 1. The molecule has 0 radical (unpaired) electrons. The van der Waals surface area contributed by atoms with Crippen molar-refractivity contribution in [2.75, 3.05) is 19.7 Å². The molecular formula is C27H30N2O5. The molecule has 0 saturated carbocycles. The molecule has 2 aromatic rings. The van der Waals surface area contributed by atoms with Gasteiger partial charge in [0.2, 0.25) is 5.91 Å². The Kier molecular flexibility index (Phi) is 8.94. The first kappa shape index (κ1) is 25.1. The van der Waals surface area contributed by atoms with E-state index < -0.39 is 11.9 Å². The Morgan fingerprint density at radius 3 is 2.29 bits per heavy atom. The second-order valence-corrected chi connectivity index (χ2v) is 8.60. The van der Waals surface area contributed by atoms with Gasteiger partial charge in [-0.3, -0.25) is 9.59 Å². The number of nitriles is 1. The van der Waals surface area contributed by atoms with E-state index in [4.69, 9.17) is 14.7 Å². The highest BCUT2D eigenvalue weighted by molar-refractivity contribution is 5.98. The lowest BCUT2D eigenvalue weighted by molar-refractivity contribution is -0.157. The summed E-state index contributed by atoms with van der Waals surface area (Å²) in [5.41, 5.74) is 1.92. The van der Waals surface area contributed by atoms with Gasteiger partial charge in [0.15, 0.2) is 5.78 Å². The van der Waals surface area contributed by atoms with Crippen LogP contribution in [0.25, 0.3) is 0 Å². The topological polar surface area (TPSA) is 96.7 Å². The maximum Gasteiger partial charge on any atom is 0.332 e. The summed E-state index contributed by atoms with van der Waals surface area (Å²) >= 11 is 0. The van der Waals surface area contributed by atoms with Crippen molar-refractivity contribution in [1.29, 1.82) is 5.26 Å². The van der Waals surface area contributed by atoms with Crippen LogP contribution in [0.2, 0.25) is 0 Å². The molecule has 7 nitrogen and oxygen atoms in total. The number of benzene rings is 2. The van der Waals surface area contributed by atoms with Crippen molar-refractivity contribution in [1.82, 2.24) is 4.90 Å². The third-order valence-corrected chi connectivity index (χ3v) is 6.02. The number of nitrogens with zero attached hydrogens (tertiary/aromatic N) is 2. The van der Waals surface area contributed by atoms with Crippen LogP contribution in [0.1, 0.15) is 60.7 Å². The molecule has 1 fully saturated rings. The van der Waals surface area contributed by atoms with E-state index in [1.165, 1.54) is 0 Å². The Labute approximate surface area is 200 Å². The third kappa shape index (κ3) is 7.00. The van der Waals surface area contributed by atoms with Gasteiger partial charge in [-0.25, -0.2) is 4.79 Å². The van der Waals surface area contributed by atoms with E-state index in [1.807, 2.05) is 43.3 Å². The summed E-state index contributed by atoms with van der Waals surface area (Å²) in [6.45, 7) is 4.51. The number of carbonyl (C=O) groups is 3. The fraction of sp³-hybridized carbons (Fsp3) is 0.407. The maximum atomic E-state index is 12.8. The minimum atomic E-state index is -0.435. The molecule has 1 aliphatic rings. The molecule has 1 heterocycles. The quantitative estimate of drug-likeness (QED) is 0.412. The summed E-state index contributed by atoms with van der Waals surface area (Å²) in [6, 6.07) is 18.0. The molecule has 0 aliphatic carbocycles. The zero-order valence-corrected chi connectivity index (χ0v) is 19.6. The van der Waals surface area contributed by atoms with Crippen LogP contribution in [-0.2, 0) is 19.1 Å². The van der Waals surface area contributed by atoms with Crippen molar-refractivity contribution in [3.63, 3.8) is 0 Å². The van der Waals surface area contributed by atoms with Crippen LogP contribution in [0.3, 0.4) is 0 Å². The third-order valence-electron chi connectivity index (χ3n) is 6.02. The van der Waals surface area contributed by atoms with Gasteiger partial charge < -0.3 is 14.4 Å². The van der Waals surface area contributed by atoms with E-state index in [-0.39, 0.29) is 36.9 Å². The standard InChI is InChI=1S/C27H30N2O5/c1-19(16-25(30)23-10-8-21(17-28)9-11-23)27(32)29-14-12-24(13-15-29)33-18-26(31)34-20(2)22-6-4-3-5-7-22/h3-11,19-20,24H,12-16,18H2,1-2H3/t19-,20+/m1/s1. The molecule has 34 heavy (non-hydrogen) atoms. The van der Waals surface area contributed by atoms with Crippen LogP contribution in [0.4, 0.5) is 0 Å². The van der Waals surface area contributed by atoms with Crippen LogP contribution in [0, 0.1) is 17.2 Å². The molecule has 2 atom stereocenters. The number of rotatable bonds is 9. The van der Waals surface area contributed by atoms with E-state index in [9.17, 15) is 14.4 Å². The minimum Gasteiger partial charge on any atom is -0.456 e. The number of Topliss-reactive ketones (excluding diaryl/α,β-unsaturated/α-hetero) is 1. The molecule has 0 spiro atoms. The van der Waals surface area contributed by atoms with Crippen LogP contribution < -0.4 is 0 Å². The molecule has 3 rings (SSSR count). The maximum absolute atomic E-state index is 12.8. The Morgan fingerprint density at radius 2 is 1.68 bits per heavy atom. The number of piperidine rings is 1. The molecule has 1 saturated heterocycles. The molecule has 0 bridgehead atoms. The Morgan fingerprint density at radius 1 is 1.03 bits per heavy atom. The van der Waals surface area contributed by atoms with Crippen LogP contribution in [-0.4, -0.2) is 48.4 Å². The van der Waals surface area contributed by atoms with Gasteiger partial charge in [-0.05, 0) is 37.5 Å². The predicted molar refractivity (Wildman–Crippen MR) is 126 cm³/mol. The van der Waals surface area contributed by atoms with Crippen LogP contribution in [0.15, 0.2) is 54.6 Å². The minimum absolute atomic E-state index is 0.0588. The molecule has 2 aromatic carbocycles. The molecule has 0 aromatic heterocycles. The van der Waals surface area contributed by atoms with Gasteiger partial charge in [0.1, 0.15) is 12.7 Å². The smallest absolute Gasteiger partial charge is 0.332 e. The largest absolute Gasteiger partial charge is 0.456 e. The van der Waals surface area contributed by atoms with Gasteiger partial charge >= 0.3 is 5.97 Å². The molecular weight excluding hydrogens is 432 g/mol. The highest BCUT2D eigenvalue weighted by Gasteiger charge is 2.28. The molecule has 1 aliphatic heterocycles. The lowest BCUT2D eigenvalue weighted by Gasteiger charge is -2.33. The van der Waals surface area contributed by atoms with E-state index in [0.717, 1.165) is 5.56 Å². The fourth-order valence-electron chi connectivity index (χ4n) is 3.98. The number of ether oxygens (including phenoxy) is 2. The summed E-state index contributed by atoms with van der Waals surface area (Å²) < 4.78 is 11.2. The number of carbonyl (C=O) groups excluding carboxylic acids is 3. The van der Waals surface area contributed by atoms with Gasteiger partial charge in [-0.1, -0.05) is 49.4 Å². The van der Waals surface area contributed by atoms with E-state index in [0.29, 0.717) is 37.1 Å². The molecule has 1 amide bonds. The number of ketones is 1. The van der Waals surface area contributed by atoms with Crippen molar-refractivity contribution >= 4 is 17.7 Å². The molecule has 0 N–H and O–H groups in total. The highest BCUT2D eigenvalue weighted by atomic mass is 16.6. The number of likely N-dealkylation sites (tertiary alicyclic amines) is 1. The normalized spacial score (nSPS) is 15.7. The summed E-state index contributed by atoms with van der Waals surface area (Å²) in [7, 11) is 0. The Bertz CT molecular complexity index is 1020. The fourth-order valence-corrected chi connectivity index (χ4v) is 3.98. The van der Waals surface area contributed by atoms with Crippen molar-refractivity contribution in [3.05, 3.63) is 71.3 Å². The van der Waals surface area contributed by atoms with Crippen LogP contribution >= 0.6 is 0 Å². The summed E-state index contributed by atoms with van der Waals surface area (Å²) in [6.07, 6.45) is 0.921. The average molecular weight is 463 g/mol. The lowest BCUT2D eigenvalue weighted by Crippen LogP contribution is -2.43. The first-order valence-electron chi connectivity index (χ1n) is 11.6. The Hall–Kier alpha value is -3.50. The summed E-state index contributed by atoms with van der Waals surface area (Å²) in [5.74, 6) is -1.02. The zero-order valence-electron chi connectivity index (χ0n) is 19.6. The van der Waals surface area contributed by atoms with Gasteiger partial charge in [-0.15, -0.1) is 0 Å². The highest BCUT2D eigenvalue weighted by Crippen LogP contribution is 2.20. The zero-order chi connectivity index (χ0) is 24.5. The molecule has 178 valence electrons. The van der Waals surface area contributed by atoms with Crippen molar-refractivity contribution in [3.8, 4) is 6.07 Å². The van der Waals surface area contributed by atoms with Crippen molar-refractivity contribution in [2.45, 2.75) is 45.3 Å². The number of hydrogen-bond donors (Lipinski definition) is 0. The first-order chi connectivity index (χ1) is 16.4. The molecule has 0 unspecified atom stereocenters. The van der Waals surface area contributed by atoms with Gasteiger partial charge in [0.25, 0.3) is 0 Å². The second-order valence-electron chi connectivity index (χ2n) is 8.60. The lowest BCUT2D eigenvalue weighted by atomic mass is 9.97. The molecule has 7 heteroatoms. The van der Waals surface area contributed by atoms with Crippen molar-refractivity contribution in [2.24, 2.45) is 5.92 Å². The van der Waals surface area contributed by atoms with Crippen LogP contribution in [0.5, 0.6) is 0 Å². The number of esters is 1. The second kappa shape index (κ2) is 12.1.